The van der Waals surface area contributed by atoms with E-state index in [0.29, 0.717) is 13.0 Å². The average Bonchev–Trinajstić information content (AvgIpc) is 2.85. The van der Waals surface area contributed by atoms with E-state index in [4.69, 9.17) is 0 Å². The SMILES string of the molecule is Cc1cccc(CC(=O)NC[C@H](c2ccc(N(C)C)cc2)N2CCN(c3ccccc3)CC2)c1. The molecule has 1 aliphatic rings. The van der Waals surface area contributed by atoms with Crippen molar-refractivity contribution >= 4 is 17.3 Å². The summed E-state index contributed by atoms with van der Waals surface area (Å²) in [4.78, 5) is 19.8. The summed E-state index contributed by atoms with van der Waals surface area (Å²) >= 11 is 0. The number of amides is 1. The van der Waals surface area contributed by atoms with Crippen LogP contribution in [0.4, 0.5) is 11.4 Å². The van der Waals surface area contributed by atoms with Crippen LogP contribution < -0.4 is 15.1 Å². The van der Waals surface area contributed by atoms with E-state index < -0.39 is 0 Å². The Labute approximate surface area is 204 Å². The van der Waals surface area contributed by atoms with E-state index in [1.54, 1.807) is 0 Å². The lowest BCUT2D eigenvalue weighted by Crippen LogP contribution is -2.50. The predicted octanol–water partition coefficient (Wildman–Crippen LogP) is 4.28. The number of para-hydroxylation sites is 1. The average molecular weight is 457 g/mol. The highest BCUT2D eigenvalue weighted by Gasteiger charge is 2.26. The Morgan fingerprint density at radius 3 is 2.26 bits per heavy atom. The monoisotopic (exact) mass is 456 g/mol. The summed E-state index contributed by atoms with van der Waals surface area (Å²) in [5.74, 6) is 0.0726. The van der Waals surface area contributed by atoms with Gasteiger partial charge in [-0.05, 0) is 42.3 Å². The van der Waals surface area contributed by atoms with Crippen molar-refractivity contribution in [2.75, 3.05) is 56.6 Å². The van der Waals surface area contributed by atoms with Crippen molar-refractivity contribution in [3.8, 4) is 0 Å². The first-order chi connectivity index (χ1) is 16.5. The van der Waals surface area contributed by atoms with Gasteiger partial charge in [0, 0.05) is 58.2 Å². The molecular formula is C29H36N4O. The molecule has 1 fully saturated rings. The number of hydrogen-bond donors (Lipinski definition) is 1. The molecule has 3 aromatic carbocycles. The molecule has 178 valence electrons. The number of carbonyl (C=O) groups excluding carboxylic acids is 1. The molecule has 1 aliphatic heterocycles. The smallest absolute Gasteiger partial charge is 0.224 e. The van der Waals surface area contributed by atoms with E-state index in [2.05, 4.69) is 108 Å². The molecule has 0 saturated carbocycles. The van der Waals surface area contributed by atoms with Crippen LogP contribution in [0.3, 0.4) is 0 Å². The number of rotatable bonds is 8. The van der Waals surface area contributed by atoms with Crippen molar-refractivity contribution in [3.63, 3.8) is 0 Å². The van der Waals surface area contributed by atoms with Gasteiger partial charge in [0.25, 0.3) is 0 Å². The van der Waals surface area contributed by atoms with Gasteiger partial charge in [0.15, 0.2) is 0 Å². The first-order valence-corrected chi connectivity index (χ1v) is 12.1. The lowest BCUT2D eigenvalue weighted by atomic mass is 10.0. The van der Waals surface area contributed by atoms with Crippen LogP contribution >= 0.6 is 0 Å². The van der Waals surface area contributed by atoms with Crippen LogP contribution in [-0.4, -0.2) is 57.6 Å². The minimum atomic E-state index is 0.0726. The van der Waals surface area contributed by atoms with E-state index in [0.717, 1.165) is 31.7 Å². The molecule has 1 N–H and O–H groups in total. The third kappa shape index (κ3) is 6.17. The van der Waals surface area contributed by atoms with Crippen LogP contribution in [0.15, 0.2) is 78.9 Å². The molecule has 1 saturated heterocycles. The van der Waals surface area contributed by atoms with Gasteiger partial charge in [-0.1, -0.05) is 60.2 Å². The second-order valence-corrected chi connectivity index (χ2v) is 9.33. The molecule has 1 amide bonds. The highest BCUT2D eigenvalue weighted by molar-refractivity contribution is 5.78. The molecule has 1 heterocycles. The fourth-order valence-corrected chi connectivity index (χ4v) is 4.66. The third-order valence-electron chi connectivity index (χ3n) is 6.61. The van der Waals surface area contributed by atoms with Crippen molar-refractivity contribution in [3.05, 3.63) is 95.6 Å². The number of anilines is 2. The topological polar surface area (TPSA) is 38.8 Å². The second-order valence-electron chi connectivity index (χ2n) is 9.33. The maximum Gasteiger partial charge on any atom is 0.224 e. The Kier molecular flexibility index (Phi) is 7.86. The zero-order valence-electron chi connectivity index (χ0n) is 20.6. The maximum absolute atomic E-state index is 12.8. The Balaban J connectivity index is 1.44. The number of aryl methyl sites for hydroxylation is 1. The van der Waals surface area contributed by atoms with E-state index >= 15 is 0 Å². The summed E-state index contributed by atoms with van der Waals surface area (Å²) in [5.41, 5.74) is 5.94. The molecule has 0 bridgehead atoms. The van der Waals surface area contributed by atoms with Gasteiger partial charge >= 0.3 is 0 Å². The number of piperazine rings is 1. The molecule has 0 spiro atoms. The van der Waals surface area contributed by atoms with E-state index in [9.17, 15) is 4.79 Å². The van der Waals surface area contributed by atoms with E-state index in [1.165, 1.54) is 22.5 Å². The Morgan fingerprint density at radius 1 is 0.912 bits per heavy atom. The summed E-state index contributed by atoms with van der Waals surface area (Å²) < 4.78 is 0. The molecule has 5 nitrogen and oxygen atoms in total. The van der Waals surface area contributed by atoms with Gasteiger partial charge in [-0.2, -0.15) is 0 Å². The summed E-state index contributed by atoms with van der Waals surface area (Å²) in [5, 5.41) is 3.22. The van der Waals surface area contributed by atoms with Crippen LogP contribution in [0.5, 0.6) is 0 Å². The zero-order valence-corrected chi connectivity index (χ0v) is 20.6. The molecule has 3 aromatic rings. The molecule has 0 aromatic heterocycles. The van der Waals surface area contributed by atoms with Crippen molar-refractivity contribution in [2.24, 2.45) is 0 Å². The highest BCUT2D eigenvalue weighted by atomic mass is 16.1. The van der Waals surface area contributed by atoms with Crippen molar-refractivity contribution in [1.82, 2.24) is 10.2 Å². The summed E-state index contributed by atoms with van der Waals surface area (Å²) in [6.07, 6.45) is 0.412. The Hall–Kier alpha value is -3.31. The number of hydrogen-bond acceptors (Lipinski definition) is 4. The Morgan fingerprint density at radius 2 is 1.62 bits per heavy atom. The number of nitrogens with one attached hydrogen (secondary N) is 1. The standard InChI is InChI=1S/C29H36N4O/c1-23-8-7-9-24(20-23)21-29(34)30-22-28(25-12-14-26(15-13-25)31(2)3)33-18-16-32(17-19-33)27-10-5-4-6-11-27/h4-15,20,28H,16-19,21-22H2,1-3H3,(H,30,34)/t28-/m1/s1. The van der Waals surface area contributed by atoms with Crippen molar-refractivity contribution < 1.29 is 4.79 Å². The quantitative estimate of drug-likeness (QED) is 0.549. The van der Waals surface area contributed by atoms with Crippen molar-refractivity contribution in [1.29, 1.82) is 0 Å². The number of benzene rings is 3. The fraction of sp³-hybridized carbons (Fsp3) is 0.345. The number of carbonyl (C=O) groups is 1. The zero-order chi connectivity index (χ0) is 23.9. The molecule has 1 atom stereocenters. The summed E-state index contributed by atoms with van der Waals surface area (Å²) in [7, 11) is 4.11. The van der Waals surface area contributed by atoms with Crippen LogP contribution in [0, 0.1) is 6.92 Å². The minimum absolute atomic E-state index is 0.0726. The van der Waals surface area contributed by atoms with Crippen LogP contribution in [0.2, 0.25) is 0 Å². The van der Waals surface area contributed by atoms with Crippen LogP contribution in [0.25, 0.3) is 0 Å². The van der Waals surface area contributed by atoms with Crippen LogP contribution in [0.1, 0.15) is 22.7 Å². The van der Waals surface area contributed by atoms with Crippen LogP contribution in [-0.2, 0) is 11.2 Å². The predicted molar refractivity (Wildman–Crippen MR) is 142 cm³/mol. The normalized spacial score (nSPS) is 15.1. The lowest BCUT2D eigenvalue weighted by molar-refractivity contribution is -0.120. The maximum atomic E-state index is 12.8. The Bertz CT molecular complexity index is 1060. The molecule has 4 rings (SSSR count). The molecule has 0 radical (unpaired) electrons. The second kappa shape index (κ2) is 11.2. The van der Waals surface area contributed by atoms with Crippen molar-refractivity contribution in [2.45, 2.75) is 19.4 Å². The molecule has 34 heavy (non-hydrogen) atoms. The lowest BCUT2D eigenvalue weighted by Gasteiger charge is -2.40. The van der Waals surface area contributed by atoms with Gasteiger partial charge in [0.2, 0.25) is 5.91 Å². The van der Waals surface area contributed by atoms with Gasteiger partial charge in [0.1, 0.15) is 0 Å². The van der Waals surface area contributed by atoms with Gasteiger partial charge in [-0.3, -0.25) is 9.69 Å². The molecule has 5 heteroatoms. The van der Waals surface area contributed by atoms with Gasteiger partial charge in [-0.15, -0.1) is 0 Å². The highest BCUT2D eigenvalue weighted by Crippen LogP contribution is 2.25. The first kappa shape index (κ1) is 23.8. The fourth-order valence-electron chi connectivity index (χ4n) is 4.66. The van der Waals surface area contributed by atoms with Gasteiger partial charge in [-0.25, -0.2) is 0 Å². The largest absolute Gasteiger partial charge is 0.378 e. The molecule has 0 unspecified atom stereocenters. The van der Waals surface area contributed by atoms with E-state index in [1.807, 2.05) is 12.1 Å². The molecular weight excluding hydrogens is 420 g/mol. The summed E-state index contributed by atoms with van der Waals surface area (Å²) in [6, 6.07) is 27.7. The van der Waals surface area contributed by atoms with E-state index in [-0.39, 0.29) is 11.9 Å². The third-order valence-corrected chi connectivity index (χ3v) is 6.61. The van der Waals surface area contributed by atoms with Gasteiger partial charge in [0.05, 0.1) is 12.5 Å². The summed E-state index contributed by atoms with van der Waals surface area (Å²) in [6.45, 7) is 6.55. The molecule has 0 aliphatic carbocycles. The first-order valence-electron chi connectivity index (χ1n) is 12.1. The number of nitrogens with zero attached hydrogens (tertiary/aromatic N) is 3. The van der Waals surface area contributed by atoms with Gasteiger partial charge < -0.3 is 15.1 Å². The minimum Gasteiger partial charge on any atom is -0.378 e.